The fourth-order valence-electron chi connectivity index (χ4n) is 1.80. The molecule has 2 rings (SSSR count). The highest BCUT2D eigenvalue weighted by molar-refractivity contribution is 6.30. The largest absolute Gasteiger partial charge is 0.446 e. The molecule has 0 bridgehead atoms. The number of carbonyl (C=O) groups excluding carboxylic acids is 1. The molecule has 0 radical (unpaired) electrons. The van der Waals surface area contributed by atoms with Crippen molar-refractivity contribution < 1.29 is 9.21 Å². The number of aryl methyl sites for hydroxylation is 2. The lowest BCUT2D eigenvalue weighted by molar-refractivity contribution is 0.252. The van der Waals surface area contributed by atoms with Gasteiger partial charge in [0.25, 0.3) is 0 Å². The van der Waals surface area contributed by atoms with Gasteiger partial charge in [-0.1, -0.05) is 11.6 Å². The van der Waals surface area contributed by atoms with Gasteiger partial charge in [0.15, 0.2) is 5.89 Å². The zero-order valence-corrected chi connectivity index (χ0v) is 12.1. The fourth-order valence-corrected chi connectivity index (χ4v) is 1.93. The number of halogens is 1. The number of hydrogen-bond donors (Lipinski definition) is 2. The molecule has 0 spiro atoms. The van der Waals surface area contributed by atoms with Crippen LogP contribution in [0.2, 0.25) is 5.02 Å². The predicted molar refractivity (Wildman–Crippen MR) is 78.2 cm³/mol. The summed E-state index contributed by atoms with van der Waals surface area (Å²) >= 11 is 5.77. The van der Waals surface area contributed by atoms with Crippen LogP contribution in [0.15, 0.2) is 28.7 Å². The number of anilines is 1. The highest BCUT2D eigenvalue weighted by atomic mass is 35.5. The summed E-state index contributed by atoms with van der Waals surface area (Å²) < 4.78 is 5.43. The maximum atomic E-state index is 11.7. The Kier molecular flexibility index (Phi) is 4.63. The molecule has 0 unspecified atom stereocenters. The van der Waals surface area contributed by atoms with E-state index in [1.807, 2.05) is 6.92 Å². The molecular weight excluding hydrogens is 278 g/mol. The highest BCUT2D eigenvalue weighted by Crippen LogP contribution is 2.13. The molecule has 0 aliphatic rings. The molecule has 0 fully saturated rings. The van der Waals surface area contributed by atoms with Crippen LogP contribution in [0.1, 0.15) is 17.3 Å². The normalized spacial score (nSPS) is 10.3. The zero-order chi connectivity index (χ0) is 14.5. The number of amides is 2. The average molecular weight is 294 g/mol. The van der Waals surface area contributed by atoms with Crippen LogP contribution in [-0.4, -0.2) is 17.6 Å². The SMILES string of the molecule is Cc1nc(C)c(CCNC(=O)Nc2ccc(Cl)cc2)o1. The molecule has 0 aliphatic carbocycles. The van der Waals surface area contributed by atoms with Gasteiger partial charge in [-0.15, -0.1) is 0 Å². The minimum atomic E-state index is -0.263. The molecule has 106 valence electrons. The molecule has 1 aromatic heterocycles. The zero-order valence-electron chi connectivity index (χ0n) is 11.4. The maximum absolute atomic E-state index is 11.7. The van der Waals surface area contributed by atoms with E-state index in [-0.39, 0.29) is 6.03 Å². The first-order chi connectivity index (χ1) is 9.54. The Morgan fingerprint density at radius 3 is 2.60 bits per heavy atom. The lowest BCUT2D eigenvalue weighted by Gasteiger charge is -2.07. The molecule has 20 heavy (non-hydrogen) atoms. The molecule has 2 N–H and O–H groups in total. The third kappa shape index (κ3) is 3.99. The molecule has 2 amide bonds. The summed E-state index contributed by atoms with van der Waals surface area (Å²) in [6, 6.07) is 6.66. The van der Waals surface area contributed by atoms with Gasteiger partial charge in [-0.3, -0.25) is 0 Å². The molecule has 1 aromatic carbocycles. The van der Waals surface area contributed by atoms with Crippen molar-refractivity contribution >= 4 is 23.3 Å². The Balaban J connectivity index is 1.78. The number of rotatable bonds is 4. The van der Waals surface area contributed by atoms with Crippen molar-refractivity contribution in [1.82, 2.24) is 10.3 Å². The van der Waals surface area contributed by atoms with E-state index in [4.69, 9.17) is 16.0 Å². The molecule has 0 saturated heterocycles. The molecular formula is C14H16ClN3O2. The Morgan fingerprint density at radius 2 is 2.00 bits per heavy atom. The van der Waals surface area contributed by atoms with E-state index in [9.17, 15) is 4.79 Å². The molecule has 0 aliphatic heterocycles. The van der Waals surface area contributed by atoms with Crippen LogP contribution < -0.4 is 10.6 Å². The van der Waals surface area contributed by atoms with Crippen molar-refractivity contribution in [2.24, 2.45) is 0 Å². The van der Waals surface area contributed by atoms with Crippen molar-refractivity contribution in [3.05, 3.63) is 46.6 Å². The van der Waals surface area contributed by atoms with E-state index < -0.39 is 0 Å². The van der Waals surface area contributed by atoms with Crippen molar-refractivity contribution in [2.75, 3.05) is 11.9 Å². The van der Waals surface area contributed by atoms with Crippen molar-refractivity contribution in [1.29, 1.82) is 0 Å². The first kappa shape index (κ1) is 14.4. The Labute approximate surface area is 122 Å². The van der Waals surface area contributed by atoms with Gasteiger partial charge in [0.2, 0.25) is 0 Å². The summed E-state index contributed by atoms with van der Waals surface area (Å²) in [6.07, 6.45) is 0.612. The third-order valence-electron chi connectivity index (χ3n) is 2.74. The third-order valence-corrected chi connectivity index (χ3v) is 2.99. The summed E-state index contributed by atoms with van der Waals surface area (Å²) in [4.78, 5) is 15.9. The van der Waals surface area contributed by atoms with E-state index >= 15 is 0 Å². The van der Waals surface area contributed by atoms with E-state index in [0.29, 0.717) is 29.6 Å². The van der Waals surface area contributed by atoms with Gasteiger partial charge in [-0.25, -0.2) is 9.78 Å². The summed E-state index contributed by atoms with van der Waals surface area (Å²) in [7, 11) is 0. The number of urea groups is 1. The van der Waals surface area contributed by atoms with Crippen LogP contribution in [0.5, 0.6) is 0 Å². The van der Waals surface area contributed by atoms with Crippen LogP contribution in [0.3, 0.4) is 0 Å². The van der Waals surface area contributed by atoms with Crippen molar-refractivity contribution in [3.63, 3.8) is 0 Å². The second-order valence-corrected chi connectivity index (χ2v) is 4.82. The second kappa shape index (κ2) is 6.43. The molecule has 5 nitrogen and oxygen atoms in total. The minimum Gasteiger partial charge on any atom is -0.446 e. The quantitative estimate of drug-likeness (QED) is 0.909. The molecule has 0 saturated carbocycles. The van der Waals surface area contributed by atoms with E-state index in [0.717, 1.165) is 11.5 Å². The van der Waals surface area contributed by atoms with Crippen LogP contribution in [0.4, 0.5) is 10.5 Å². The van der Waals surface area contributed by atoms with Crippen LogP contribution in [0, 0.1) is 13.8 Å². The topological polar surface area (TPSA) is 67.2 Å². The van der Waals surface area contributed by atoms with Crippen LogP contribution in [-0.2, 0) is 6.42 Å². The van der Waals surface area contributed by atoms with E-state index in [1.54, 1.807) is 31.2 Å². The number of aromatic nitrogens is 1. The van der Waals surface area contributed by atoms with Gasteiger partial charge in [0, 0.05) is 30.6 Å². The second-order valence-electron chi connectivity index (χ2n) is 4.38. The average Bonchev–Trinajstić information content (AvgIpc) is 2.71. The van der Waals surface area contributed by atoms with Gasteiger partial charge >= 0.3 is 6.03 Å². The number of nitrogens with one attached hydrogen (secondary N) is 2. The van der Waals surface area contributed by atoms with Crippen molar-refractivity contribution in [2.45, 2.75) is 20.3 Å². The summed E-state index contributed by atoms with van der Waals surface area (Å²) in [5.41, 5.74) is 1.56. The Bertz CT molecular complexity index is 593. The van der Waals surface area contributed by atoms with Crippen LogP contribution in [0.25, 0.3) is 0 Å². The van der Waals surface area contributed by atoms with E-state index in [2.05, 4.69) is 15.6 Å². The molecule has 0 atom stereocenters. The maximum Gasteiger partial charge on any atom is 0.319 e. The number of carbonyl (C=O) groups is 1. The smallest absolute Gasteiger partial charge is 0.319 e. The Hall–Kier alpha value is -2.01. The molecule has 1 heterocycles. The summed E-state index contributed by atoms with van der Waals surface area (Å²) in [5, 5.41) is 6.11. The highest BCUT2D eigenvalue weighted by Gasteiger charge is 2.07. The van der Waals surface area contributed by atoms with Crippen molar-refractivity contribution in [3.8, 4) is 0 Å². The first-order valence-electron chi connectivity index (χ1n) is 6.28. The van der Waals surface area contributed by atoms with Gasteiger partial charge in [-0.2, -0.15) is 0 Å². The summed E-state index contributed by atoms with van der Waals surface area (Å²) in [6.45, 7) is 4.17. The number of oxazole rings is 1. The van der Waals surface area contributed by atoms with E-state index in [1.165, 1.54) is 0 Å². The van der Waals surface area contributed by atoms with Gasteiger partial charge < -0.3 is 15.1 Å². The molecule has 6 heteroatoms. The predicted octanol–water partition coefficient (Wildman–Crippen LogP) is 3.31. The summed E-state index contributed by atoms with van der Waals surface area (Å²) in [5.74, 6) is 1.44. The standard InChI is InChI=1S/C14H16ClN3O2/c1-9-13(20-10(2)17-9)7-8-16-14(19)18-12-5-3-11(15)4-6-12/h3-6H,7-8H2,1-2H3,(H2,16,18,19). The van der Waals surface area contributed by atoms with Gasteiger partial charge in [0.05, 0.1) is 5.69 Å². The monoisotopic (exact) mass is 293 g/mol. The number of hydrogen-bond acceptors (Lipinski definition) is 3. The van der Waals surface area contributed by atoms with Gasteiger partial charge in [0.1, 0.15) is 5.76 Å². The number of nitrogens with zero attached hydrogens (tertiary/aromatic N) is 1. The van der Waals surface area contributed by atoms with Crippen LogP contribution >= 0.6 is 11.6 Å². The first-order valence-corrected chi connectivity index (χ1v) is 6.66. The lowest BCUT2D eigenvalue weighted by atomic mass is 10.3. The molecule has 2 aromatic rings. The Morgan fingerprint density at radius 1 is 1.30 bits per heavy atom. The minimum absolute atomic E-state index is 0.263. The number of benzene rings is 1. The fraction of sp³-hybridized carbons (Fsp3) is 0.286. The van der Waals surface area contributed by atoms with Gasteiger partial charge in [-0.05, 0) is 31.2 Å². The lowest BCUT2D eigenvalue weighted by Crippen LogP contribution is -2.30.